The van der Waals surface area contributed by atoms with Crippen LogP contribution in [0.15, 0.2) is 24.4 Å². The minimum absolute atomic E-state index is 0.546. The molecule has 1 fully saturated rings. The summed E-state index contributed by atoms with van der Waals surface area (Å²) in [6.07, 6.45) is 7.14. The lowest BCUT2D eigenvalue weighted by atomic mass is 10.2. The van der Waals surface area contributed by atoms with Gasteiger partial charge in [-0.25, -0.2) is 4.98 Å². The highest BCUT2D eigenvalue weighted by atomic mass is 35.5. The molecule has 0 aliphatic heterocycles. The molecule has 20 heavy (non-hydrogen) atoms. The lowest BCUT2D eigenvalue weighted by Crippen LogP contribution is -2.08. The molecule has 106 valence electrons. The van der Waals surface area contributed by atoms with Gasteiger partial charge in [-0.3, -0.25) is 0 Å². The van der Waals surface area contributed by atoms with E-state index in [4.69, 9.17) is 23.2 Å². The smallest absolute Gasteiger partial charge is 0.207 e. The van der Waals surface area contributed by atoms with Gasteiger partial charge in [-0.1, -0.05) is 36.0 Å². The molecule has 3 nitrogen and oxygen atoms in total. The van der Waals surface area contributed by atoms with E-state index in [0.29, 0.717) is 16.1 Å². The Morgan fingerprint density at radius 2 is 2.00 bits per heavy atom. The van der Waals surface area contributed by atoms with E-state index in [9.17, 15) is 0 Å². The second-order valence-corrected chi connectivity index (χ2v) is 6.14. The SMILES string of the molecule is Cc1cn(C2CCCC2)c(Nc2ccc(Cl)cc2Cl)n1. The summed E-state index contributed by atoms with van der Waals surface area (Å²) in [6.45, 7) is 2.01. The molecular weight excluding hydrogens is 293 g/mol. The fraction of sp³-hybridized carbons (Fsp3) is 0.400. The first-order valence-electron chi connectivity index (χ1n) is 6.91. The van der Waals surface area contributed by atoms with E-state index in [2.05, 4.69) is 21.1 Å². The van der Waals surface area contributed by atoms with Crippen molar-refractivity contribution in [3.63, 3.8) is 0 Å². The Morgan fingerprint density at radius 1 is 1.25 bits per heavy atom. The molecule has 1 aliphatic rings. The van der Waals surface area contributed by atoms with Crippen LogP contribution in [0.25, 0.3) is 0 Å². The molecule has 0 saturated heterocycles. The van der Waals surface area contributed by atoms with Crippen LogP contribution >= 0.6 is 23.2 Å². The van der Waals surface area contributed by atoms with Crippen molar-refractivity contribution in [2.75, 3.05) is 5.32 Å². The maximum atomic E-state index is 6.21. The molecule has 0 atom stereocenters. The number of nitrogens with one attached hydrogen (secondary N) is 1. The second kappa shape index (κ2) is 5.66. The second-order valence-electron chi connectivity index (χ2n) is 5.30. The molecule has 0 amide bonds. The van der Waals surface area contributed by atoms with Crippen molar-refractivity contribution in [2.24, 2.45) is 0 Å². The molecule has 5 heteroatoms. The number of aromatic nitrogens is 2. The van der Waals surface area contributed by atoms with E-state index in [1.807, 2.05) is 19.1 Å². The minimum atomic E-state index is 0.546. The summed E-state index contributed by atoms with van der Waals surface area (Å²) in [5.41, 5.74) is 1.85. The summed E-state index contributed by atoms with van der Waals surface area (Å²) in [4.78, 5) is 4.57. The van der Waals surface area contributed by atoms with Crippen LogP contribution < -0.4 is 5.32 Å². The predicted octanol–water partition coefficient (Wildman–Crippen LogP) is 5.36. The molecule has 1 aliphatic carbocycles. The fourth-order valence-corrected chi connectivity index (χ4v) is 3.24. The van der Waals surface area contributed by atoms with Crippen LogP contribution in [-0.4, -0.2) is 9.55 Å². The molecule has 2 aromatic rings. The van der Waals surface area contributed by atoms with Crippen molar-refractivity contribution in [2.45, 2.75) is 38.6 Å². The minimum Gasteiger partial charge on any atom is -0.324 e. The van der Waals surface area contributed by atoms with Crippen molar-refractivity contribution in [1.29, 1.82) is 0 Å². The molecule has 0 spiro atoms. The Morgan fingerprint density at radius 3 is 2.70 bits per heavy atom. The first kappa shape index (κ1) is 13.8. The quantitative estimate of drug-likeness (QED) is 0.827. The van der Waals surface area contributed by atoms with Crippen molar-refractivity contribution < 1.29 is 0 Å². The van der Waals surface area contributed by atoms with E-state index in [1.54, 1.807) is 6.07 Å². The maximum Gasteiger partial charge on any atom is 0.207 e. The van der Waals surface area contributed by atoms with Gasteiger partial charge in [0, 0.05) is 17.3 Å². The molecule has 0 radical (unpaired) electrons. The number of nitrogens with zero attached hydrogens (tertiary/aromatic N) is 2. The standard InChI is InChI=1S/C15H17Cl2N3/c1-10-9-20(12-4-2-3-5-12)15(18-10)19-14-7-6-11(16)8-13(14)17/h6-9,12H,2-5H2,1H3,(H,18,19). The Balaban J connectivity index is 1.90. The monoisotopic (exact) mass is 309 g/mol. The third-order valence-electron chi connectivity index (χ3n) is 3.75. The van der Waals surface area contributed by atoms with Gasteiger partial charge in [-0.15, -0.1) is 0 Å². The zero-order chi connectivity index (χ0) is 14.1. The Labute approximate surface area is 128 Å². The zero-order valence-corrected chi connectivity index (χ0v) is 12.9. The fourth-order valence-electron chi connectivity index (χ4n) is 2.78. The summed E-state index contributed by atoms with van der Waals surface area (Å²) in [5, 5.41) is 4.57. The molecule has 1 aromatic carbocycles. The average molecular weight is 310 g/mol. The molecule has 0 bridgehead atoms. The van der Waals surface area contributed by atoms with Crippen LogP contribution in [-0.2, 0) is 0 Å². The molecule has 1 aromatic heterocycles. The van der Waals surface area contributed by atoms with Gasteiger partial charge < -0.3 is 9.88 Å². The molecule has 0 unspecified atom stereocenters. The third-order valence-corrected chi connectivity index (χ3v) is 4.30. The van der Waals surface area contributed by atoms with E-state index >= 15 is 0 Å². The van der Waals surface area contributed by atoms with Gasteiger partial charge in [-0.05, 0) is 38.0 Å². The van der Waals surface area contributed by atoms with E-state index in [0.717, 1.165) is 17.3 Å². The summed E-state index contributed by atoms with van der Waals surface area (Å²) in [7, 11) is 0. The Hall–Kier alpha value is -1.19. The van der Waals surface area contributed by atoms with Crippen LogP contribution in [0, 0.1) is 6.92 Å². The number of rotatable bonds is 3. The Bertz CT molecular complexity index is 616. The van der Waals surface area contributed by atoms with Gasteiger partial charge in [0.15, 0.2) is 0 Å². The maximum absolute atomic E-state index is 6.21. The van der Waals surface area contributed by atoms with Crippen LogP contribution in [0.1, 0.15) is 37.4 Å². The average Bonchev–Trinajstić information content (AvgIpc) is 3.02. The number of hydrogen-bond acceptors (Lipinski definition) is 2. The van der Waals surface area contributed by atoms with Crippen LogP contribution in [0.2, 0.25) is 10.0 Å². The van der Waals surface area contributed by atoms with Gasteiger partial charge in [0.25, 0.3) is 0 Å². The highest BCUT2D eigenvalue weighted by Gasteiger charge is 2.20. The first-order valence-corrected chi connectivity index (χ1v) is 7.66. The molecule has 1 saturated carbocycles. The topological polar surface area (TPSA) is 29.9 Å². The van der Waals surface area contributed by atoms with Crippen molar-refractivity contribution in [1.82, 2.24) is 9.55 Å². The number of benzene rings is 1. The highest BCUT2D eigenvalue weighted by molar-refractivity contribution is 6.36. The van der Waals surface area contributed by atoms with Gasteiger partial charge in [-0.2, -0.15) is 0 Å². The van der Waals surface area contributed by atoms with Crippen LogP contribution in [0.5, 0.6) is 0 Å². The van der Waals surface area contributed by atoms with Gasteiger partial charge in [0.05, 0.1) is 16.4 Å². The largest absolute Gasteiger partial charge is 0.324 e. The normalized spacial score (nSPS) is 15.8. The number of aryl methyl sites for hydroxylation is 1. The lowest BCUT2D eigenvalue weighted by molar-refractivity contribution is 0.524. The summed E-state index contributed by atoms with van der Waals surface area (Å²) in [6, 6.07) is 5.99. The van der Waals surface area contributed by atoms with Gasteiger partial charge >= 0.3 is 0 Å². The van der Waals surface area contributed by atoms with Crippen LogP contribution in [0.4, 0.5) is 11.6 Å². The highest BCUT2D eigenvalue weighted by Crippen LogP contribution is 2.34. The number of anilines is 2. The van der Waals surface area contributed by atoms with E-state index < -0.39 is 0 Å². The zero-order valence-electron chi connectivity index (χ0n) is 11.4. The van der Waals surface area contributed by atoms with Crippen molar-refractivity contribution in [3.05, 3.63) is 40.1 Å². The van der Waals surface area contributed by atoms with Crippen molar-refractivity contribution in [3.8, 4) is 0 Å². The number of imidazole rings is 1. The van der Waals surface area contributed by atoms with Crippen molar-refractivity contribution >= 4 is 34.8 Å². The molecule has 1 heterocycles. The molecule has 3 rings (SSSR count). The summed E-state index contributed by atoms with van der Waals surface area (Å²) >= 11 is 12.1. The van der Waals surface area contributed by atoms with E-state index in [1.165, 1.54) is 25.7 Å². The number of hydrogen-bond donors (Lipinski definition) is 1. The predicted molar refractivity (Wildman–Crippen MR) is 84.2 cm³/mol. The third kappa shape index (κ3) is 2.79. The van der Waals surface area contributed by atoms with Crippen LogP contribution in [0.3, 0.4) is 0 Å². The molecular formula is C15H17Cl2N3. The van der Waals surface area contributed by atoms with E-state index in [-0.39, 0.29) is 0 Å². The molecule has 1 N–H and O–H groups in total. The Kier molecular flexibility index (Phi) is 3.90. The number of halogens is 2. The lowest BCUT2D eigenvalue weighted by Gasteiger charge is -2.16. The van der Waals surface area contributed by atoms with Gasteiger partial charge in [0.2, 0.25) is 5.95 Å². The summed E-state index contributed by atoms with van der Waals surface area (Å²) < 4.78 is 2.24. The van der Waals surface area contributed by atoms with Gasteiger partial charge in [0.1, 0.15) is 0 Å². The summed E-state index contributed by atoms with van der Waals surface area (Å²) in [5.74, 6) is 0.860. The first-order chi connectivity index (χ1) is 9.63.